The van der Waals surface area contributed by atoms with Gasteiger partial charge in [0.25, 0.3) is 11.8 Å². The summed E-state index contributed by atoms with van der Waals surface area (Å²) in [6.45, 7) is 1.45. The third-order valence-corrected chi connectivity index (χ3v) is 3.93. The normalized spacial score (nSPS) is 20.8. The summed E-state index contributed by atoms with van der Waals surface area (Å²) in [4.78, 5) is 24.0. The molecule has 0 radical (unpaired) electrons. The van der Waals surface area contributed by atoms with E-state index >= 15 is 0 Å². The predicted octanol–water partition coefficient (Wildman–Crippen LogP) is -0.517. The van der Waals surface area contributed by atoms with Crippen LogP contribution in [0.3, 0.4) is 0 Å². The van der Waals surface area contributed by atoms with Crippen molar-refractivity contribution in [2.24, 2.45) is 5.73 Å². The highest BCUT2D eigenvalue weighted by molar-refractivity contribution is 6.04. The maximum Gasteiger partial charge on any atom is 0.253 e. The molecule has 8 nitrogen and oxygen atoms in total. The number of rotatable bonds is 5. The van der Waals surface area contributed by atoms with Gasteiger partial charge in [0.15, 0.2) is 0 Å². The van der Waals surface area contributed by atoms with Gasteiger partial charge in [-0.25, -0.2) is 0 Å². The topological polar surface area (TPSA) is 129 Å². The number of amides is 2. The number of ether oxygens (including phenoxy) is 2. The Morgan fingerprint density at radius 2 is 2.04 bits per heavy atom. The summed E-state index contributed by atoms with van der Waals surface area (Å²) in [5.74, 6) is -0.822. The lowest BCUT2D eigenvalue weighted by Gasteiger charge is -2.31. The molecule has 0 aromatic heterocycles. The average Bonchev–Trinajstić information content (AvgIpc) is 2.54. The smallest absolute Gasteiger partial charge is 0.253 e. The maximum absolute atomic E-state index is 12.5. The molecule has 2 unspecified atom stereocenters. The van der Waals surface area contributed by atoms with Gasteiger partial charge in [-0.1, -0.05) is 0 Å². The number of nitrogen functional groups attached to an aromatic ring is 1. The average molecular weight is 322 g/mol. The number of methoxy groups -OCH3 is 2. The summed E-state index contributed by atoms with van der Waals surface area (Å²) < 4.78 is 10.4. The van der Waals surface area contributed by atoms with Gasteiger partial charge in [0.05, 0.1) is 30.4 Å². The monoisotopic (exact) mass is 322 g/mol. The zero-order valence-electron chi connectivity index (χ0n) is 13.2. The van der Waals surface area contributed by atoms with E-state index in [0.717, 1.165) is 13.0 Å². The molecule has 1 saturated heterocycles. The number of hydrogen-bond acceptors (Lipinski definition) is 6. The van der Waals surface area contributed by atoms with Crippen molar-refractivity contribution < 1.29 is 19.1 Å². The van der Waals surface area contributed by atoms with E-state index in [4.69, 9.17) is 20.9 Å². The van der Waals surface area contributed by atoms with Crippen molar-refractivity contribution in [3.63, 3.8) is 0 Å². The molecule has 6 N–H and O–H groups in total. The second kappa shape index (κ2) is 7.30. The SMILES string of the molecule is COc1cc(N)c(C(=O)NC2CCNCC2OC)cc1C(N)=O. The molecular formula is C15H22N4O4. The number of benzene rings is 1. The van der Waals surface area contributed by atoms with Crippen LogP contribution in [0.15, 0.2) is 12.1 Å². The van der Waals surface area contributed by atoms with E-state index < -0.39 is 5.91 Å². The lowest BCUT2D eigenvalue weighted by atomic mass is 10.0. The predicted molar refractivity (Wildman–Crippen MR) is 85.5 cm³/mol. The quantitative estimate of drug-likeness (QED) is 0.540. The number of nitrogens with two attached hydrogens (primary N) is 2. The van der Waals surface area contributed by atoms with Crippen LogP contribution in [0.2, 0.25) is 0 Å². The number of hydrogen-bond donors (Lipinski definition) is 4. The van der Waals surface area contributed by atoms with Gasteiger partial charge in [0, 0.05) is 25.4 Å². The number of nitrogens with one attached hydrogen (secondary N) is 2. The van der Waals surface area contributed by atoms with Crippen LogP contribution in [-0.4, -0.2) is 51.3 Å². The summed E-state index contributed by atoms with van der Waals surface area (Å²) in [5.41, 5.74) is 11.7. The minimum Gasteiger partial charge on any atom is -0.496 e. The molecule has 1 aromatic carbocycles. The number of carbonyl (C=O) groups is 2. The Bertz CT molecular complexity index is 605. The molecule has 1 aliphatic heterocycles. The molecule has 0 bridgehead atoms. The second-order valence-electron chi connectivity index (χ2n) is 5.35. The molecule has 8 heteroatoms. The summed E-state index contributed by atoms with van der Waals surface area (Å²) in [6.07, 6.45) is 0.617. The number of carbonyl (C=O) groups excluding carboxylic acids is 2. The van der Waals surface area contributed by atoms with Crippen molar-refractivity contribution >= 4 is 17.5 Å². The fourth-order valence-electron chi connectivity index (χ4n) is 2.64. The largest absolute Gasteiger partial charge is 0.496 e. The van der Waals surface area contributed by atoms with E-state index in [1.165, 1.54) is 19.2 Å². The van der Waals surface area contributed by atoms with Gasteiger partial charge in [-0.05, 0) is 19.0 Å². The van der Waals surface area contributed by atoms with Gasteiger partial charge < -0.3 is 31.6 Å². The highest BCUT2D eigenvalue weighted by Gasteiger charge is 2.27. The minimum atomic E-state index is -0.687. The Labute approximate surface area is 134 Å². The third kappa shape index (κ3) is 3.72. The van der Waals surface area contributed by atoms with Crippen LogP contribution >= 0.6 is 0 Å². The summed E-state index contributed by atoms with van der Waals surface area (Å²) in [6, 6.07) is 2.65. The molecular weight excluding hydrogens is 300 g/mol. The van der Waals surface area contributed by atoms with Gasteiger partial charge in [0.1, 0.15) is 5.75 Å². The first-order chi connectivity index (χ1) is 11.0. The van der Waals surface area contributed by atoms with Crippen LogP contribution in [-0.2, 0) is 4.74 Å². The van der Waals surface area contributed by atoms with E-state index in [2.05, 4.69) is 10.6 Å². The summed E-state index contributed by atoms with van der Waals surface area (Å²) in [5, 5.41) is 6.10. The van der Waals surface area contributed by atoms with Crippen molar-refractivity contribution in [1.82, 2.24) is 10.6 Å². The zero-order chi connectivity index (χ0) is 17.0. The summed E-state index contributed by atoms with van der Waals surface area (Å²) in [7, 11) is 3.00. The van der Waals surface area contributed by atoms with Crippen LogP contribution < -0.4 is 26.8 Å². The van der Waals surface area contributed by atoms with Crippen LogP contribution in [0.25, 0.3) is 0 Å². The first-order valence-electron chi connectivity index (χ1n) is 7.29. The Morgan fingerprint density at radius 3 is 2.65 bits per heavy atom. The first-order valence-corrected chi connectivity index (χ1v) is 7.29. The zero-order valence-corrected chi connectivity index (χ0v) is 13.2. The third-order valence-electron chi connectivity index (χ3n) is 3.93. The van der Waals surface area contributed by atoms with Crippen LogP contribution in [0.4, 0.5) is 5.69 Å². The molecule has 1 aromatic rings. The Hall–Kier alpha value is -2.32. The molecule has 2 amide bonds. The molecule has 1 heterocycles. The van der Waals surface area contributed by atoms with Gasteiger partial charge in [-0.2, -0.15) is 0 Å². The van der Waals surface area contributed by atoms with Crippen molar-refractivity contribution in [2.75, 3.05) is 33.0 Å². The molecule has 0 saturated carbocycles. The number of piperidine rings is 1. The van der Waals surface area contributed by atoms with Gasteiger partial charge in [-0.15, -0.1) is 0 Å². The number of anilines is 1. The van der Waals surface area contributed by atoms with Gasteiger partial charge >= 0.3 is 0 Å². The fourth-order valence-corrected chi connectivity index (χ4v) is 2.64. The Morgan fingerprint density at radius 1 is 1.30 bits per heavy atom. The lowest BCUT2D eigenvalue weighted by molar-refractivity contribution is 0.0477. The van der Waals surface area contributed by atoms with Gasteiger partial charge in [0.2, 0.25) is 0 Å². The van der Waals surface area contributed by atoms with E-state index in [-0.39, 0.29) is 40.6 Å². The standard InChI is InChI=1S/C15H22N4O4/c1-22-12-6-10(16)8(5-9(12)14(17)20)15(21)19-11-3-4-18-7-13(11)23-2/h5-6,11,13,18H,3-4,7,16H2,1-2H3,(H2,17,20)(H,19,21). The van der Waals surface area contributed by atoms with Crippen molar-refractivity contribution in [3.8, 4) is 5.75 Å². The highest BCUT2D eigenvalue weighted by atomic mass is 16.5. The molecule has 2 atom stereocenters. The van der Waals surface area contributed by atoms with E-state index in [1.54, 1.807) is 7.11 Å². The first kappa shape index (κ1) is 17.0. The van der Waals surface area contributed by atoms with Crippen LogP contribution in [0, 0.1) is 0 Å². The minimum absolute atomic E-state index is 0.112. The highest BCUT2D eigenvalue weighted by Crippen LogP contribution is 2.25. The molecule has 23 heavy (non-hydrogen) atoms. The number of primary amides is 1. The van der Waals surface area contributed by atoms with E-state index in [1.807, 2.05) is 0 Å². The molecule has 126 valence electrons. The molecule has 2 rings (SSSR count). The second-order valence-corrected chi connectivity index (χ2v) is 5.35. The van der Waals surface area contributed by atoms with E-state index in [0.29, 0.717) is 6.54 Å². The summed E-state index contributed by atoms with van der Waals surface area (Å²) >= 11 is 0. The molecule has 0 aliphatic carbocycles. The van der Waals surface area contributed by atoms with Crippen molar-refractivity contribution in [3.05, 3.63) is 23.3 Å². The van der Waals surface area contributed by atoms with Gasteiger partial charge in [-0.3, -0.25) is 9.59 Å². The van der Waals surface area contributed by atoms with Crippen molar-refractivity contribution in [2.45, 2.75) is 18.6 Å². The Kier molecular flexibility index (Phi) is 5.41. The molecule has 0 spiro atoms. The van der Waals surface area contributed by atoms with Crippen LogP contribution in [0.5, 0.6) is 5.75 Å². The maximum atomic E-state index is 12.5. The van der Waals surface area contributed by atoms with Crippen molar-refractivity contribution in [1.29, 1.82) is 0 Å². The van der Waals surface area contributed by atoms with E-state index in [9.17, 15) is 9.59 Å². The van der Waals surface area contributed by atoms with Crippen LogP contribution in [0.1, 0.15) is 27.1 Å². The Balaban J connectivity index is 2.24. The fraction of sp³-hybridized carbons (Fsp3) is 0.467. The molecule has 1 aliphatic rings. The molecule has 1 fully saturated rings. The lowest BCUT2D eigenvalue weighted by Crippen LogP contribution is -2.53.